The SMILES string of the molecule is C/C(=N\Nc1ncccn1)c1ccc2ccccc2n1. The molecule has 0 radical (unpaired) electrons. The average Bonchev–Trinajstić information content (AvgIpc) is 2.53. The normalized spacial score (nSPS) is 11.6. The van der Waals surface area contributed by atoms with Crippen LogP contribution in [0.15, 0.2) is 60.0 Å². The van der Waals surface area contributed by atoms with Gasteiger partial charge in [-0.1, -0.05) is 24.3 Å². The summed E-state index contributed by atoms with van der Waals surface area (Å²) in [4.78, 5) is 12.7. The van der Waals surface area contributed by atoms with Gasteiger partial charge in [-0.25, -0.2) is 20.4 Å². The fraction of sp³-hybridized carbons (Fsp3) is 0.0667. The highest BCUT2D eigenvalue weighted by Crippen LogP contribution is 2.12. The van der Waals surface area contributed by atoms with Crippen LogP contribution in [0.3, 0.4) is 0 Å². The fourth-order valence-electron chi connectivity index (χ4n) is 1.82. The van der Waals surface area contributed by atoms with E-state index in [1.807, 2.05) is 43.3 Å². The van der Waals surface area contributed by atoms with Crippen LogP contribution in [0.5, 0.6) is 0 Å². The average molecular weight is 263 g/mol. The predicted octanol–water partition coefficient (Wildman–Crippen LogP) is 2.86. The molecule has 2 heterocycles. The second-order valence-corrected chi connectivity index (χ2v) is 4.27. The van der Waals surface area contributed by atoms with Crippen molar-refractivity contribution in [2.75, 3.05) is 5.43 Å². The summed E-state index contributed by atoms with van der Waals surface area (Å²) in [6, 6.07) is 13.7. The molecule has 20 heavy (non-hydrogen) atoms. The second kappa shape index (κ2) is 5.44. The highest BCUT2D eigenvalue weighted by molar-refractivity contribution is 5.99. The minimum absolute atomic E-state index is 0.465. The zero-order chi connectivity index (χ0) is 13.8. The summed E-state index contributed by atoms with van der Waals surface area (Å²) in [5.41, 5.74) is 5.38. The van der Waals surface area contributed by atoms with Crippen molar-refractivity contribution >= 4 is 22.6 Å². The van der Waals surface area contributed by atoms with E-state index in [2.05, 4.69) is 25.5 Å². The third-order valence-electron chi connectivity index (χ3n) is 2.86. The van der Waals surface area contributed by atoms with Crippen molar-refractivity contribution in [3.63, 3.8) is 0 Å². The zero-order valence-electron chi connectivity index (χ0n) is 11.0. The van der Waals surface area contributed by atoms with Crippen LogP contribution in [0.25, 0.3) is 10.9 Å². The first-order valence-corrected chi connectivity index (χ1v) is 6.26. The Morgan fingerprint density at radius 2 is 1.80 bits per heavy atom. The third kappa shape index (κ3) is 2.61. The molecule has 0 amide bonds. The van der Waals surface area contributed by atoms with Crippen molar-refractivity contribution in [1.29, 1.82) is 0 Å². The van der Waals surface area contributed by atoms with E-state index in [1.165, 1.54) is 0 Å². The number of benzene rings is 1. The van der Waals surface area contributed by atoms with E-state index in [0.717, 1.165) is 22.3 Å². The van der Waals surface area contributed by atoms with Gasteiger partial charge in [0.15, 0.2) is 0 Å². The standard InChI is InChI=1S/C15H13N5/c1-11(19-20-15-16-9-4-10-17-15)13-8-7-12-5-2-3-6-14(12)18-13/h2-10H,1H3,(H,16,17,20)/b19-11+. The second-order valence-electron chi connectivity index (χ2n) is 4.27. The lowest BCUT2D eigenvalue weighted by Gasteiger charge is -2.03. The first kappa shape index (κ1) is 12.2. The van der Waals surface area contributed by atoms with Crippen molar-refractivity contribution in [1.82, 2.24) is 15.0 Å². The van der Waals surface area contributed by atoms with Crippen LogP contribution < -0.4 is 5.43 Å². The molecule has 3 rings (SSSR count). The number of nitrogens with one attached hydrogen (secondary N) is 1. The van der Waals surface area contributed by atoms with E-state index in [1.54, 1.807) is 18.5 Å². The lowest BCUT2D eigenvalue weighted by atomic mass is 10.2. The summed E-state index contributed by atoms with van der Waals surface area (Å²) in [5, 5.41) is 5.36. The van der Waals surface area contributed by atoms with Crippen LogP contribution in [0.1, 0.15) is 12.6 Å². The van der Waals surface area contributed by atoms with Crippen molar-refractivity contribution < 1.29 is 0 Å². The summed E-state index contributed by atoms with van der Waals surface area (Å²) in [5.74, 6) is 0.465. The molecule has 0 fully saturated rings. The number of nitrogens with zero attached hydrogens (tertiary/aromatic N) is 4. The molecule has 0 spiro atoms. The van der Waals surface area contributed by atoms with Gasteiger partial charge in [-0.05, 0) is 25.1 Å². The van der Waals surface area contributed by atoms with E-state index >= 15 is 0 Å². The van der Waals surface area contributed by atoms with Gasteiger partial charge in [-0.15, -0.1) is 0 Å². The van der Waals surface area contributed by atoms with E-state index < -0.39 is 0 Å². The Balaban J connectivity index is 1.86. The molecule has 0 saturated heterocycles. The molecule has 5 heteroatoms. The summed E-state index contributed by atoms with van der Waals surface area (Å²) in [6.45, 7) is 1.90. The van der Waals surface area contributed by atoms with Gasteiger partial charge in [0.25, 0.3) is 0 Å². The molecule has 0 saturated carbocycles. The number of aromatic nitrogens is 3. The summed E-state index contributed by atoms with van der Waals surface area (Å²) in [6.07, 6.45) is 3.32. The van der Waals surface area contributed by atoms with Crippen molar-refractivity contribution in [2.24, 2.45) is 5.10 Å². The van der Waals surface area contributed by atoms with Gasteiger partial charge in [0.1, 0.15) is 0 Å². The zero-order valence-corrected chi connectivity index (χ0v) is 11.0. The highest BCUT2D eigenvalue weighted by atomic mass is 15.3. The Kier molecular flexibility index (Phi) is 3.33. The van der Waals surface area contributed by atoms with Gasteiger partial charge in [0.2, 0.25) is 5.95 Å². The van der Waals surface area contributed by atoms with Gasteiger partial charge < -0.3 is 0 Å². The maximum atomic E-state index is 4.58. The molecule has 3 aromatic rings. The molecule has 98 valence electrons. The molecule has 0 aliphatic carbocycles. The molecule has 1 aromatic carbocycles. The summed E-state index contributed by atoms with van der Waals surface area (Å²) >= 11 is 0. The largest absolute Gasteiger partial charge is 0.246 e. The lowest BCUT2D eigenvalue weighted by Crippen LogP contribution is -2.03. The number of pyridine rings is 1. The van der Waals surface area contributed by atoms with Crippen molar-refractivity contribution in [3.05, 3.63) is 60.6 Å². The number of hydrazone groups is 1. The number of hydrogen-bond acceptors (Lipinski definition) is 5. The van der Waals surface area contributed by atoms with E-state index in [0.29, 0.717) is 5.95 Å². The number of hydrogen-bond donors (Lipinski definition) is 1. The Morgan fingerprint density at radius 1 is 1.00 bits per heavy atom. The van der Waals surface area contributed by atoms with Crippen LogP contribution in [-0.4, -0.2) is 20.7 Å². The summed E-state index contributed by atoms with van der Waals surface area (Å²) in [7, 11) is 0. The summed E-state index contributed by atoms with van der Waals surface area (Å²) < 4.78 is 0. The molecular weight excluding hydrogens is 250 g/mol. The molecule has 0 unspecified atom stereocenters. The molecule has 0 aliphatic heterocycles. The fourth-order valence-corrected chi connectivity index (χ4v) is 1.82. The van der Waals surface area contributed by atoms with E-state index in [4.69, 9.17) is 0 Å². The van der Waals surface area contributed by atoms with Crippen LogP contribution in [-0.2, 0) is 0 Å². The van der Waals surface area contributed by atoms with Crippen molar-refractivity contribution in [3.8, 4) is 0 Å². The third-order valence-corrected chi connectivity index (χ3v) is 2.86. The number of fused-ring (bicyclic) bond motifs is 1. The Bertz CT molecular complexity index is 752. The topological polar surface area (TPSA) is 63.1 Å². The monoisotopic (exact) mass is 263 g/mol. The van der Waals surface area contributed by atoms with Gasteiger partial charge >= 0.3 is 0 Å². The van der Waals surface area contributed by atoms with Crippen LogP contribution in [0, 0.1) is 0 Å². The number of para-hydroxylation sites is 1. The number of anilines is 1. The van der Waals surface area contributed by atoms with Crippen LogP contribution in [0.4, 0.5) is 5.95 Å². The molecule has 2 aromatic heterocycles. The van der Waals surface area contributed by atoms with E-state index in [-0.39, 0.29) is 0 Å². The molecule has 0 bridgehead atoms. The van der Waals surface area contributed by atoms with Gasteiger partial charge in [0, 0.05) is 17.8 Å². The molecular formula is C15H13N5. The molecule has 0 aliphatic rings. The van der Waals surface area contributed by atoms with Crippen molar-refractivity contribution in [2.45, 2.75) is 6.92 Å². The van der Waals surface area contributed by atoms with Gasteiger partial charge in [0.05, 0.1) is 16.9 Å². The Hall–Kier alpha value is -2.82. The lowest BCUT2D eigenvalue weighted by molar-refractivity contribution is 1.11. The van der Waals surface area contributed by atoms with E-state index in [9.17, 15) is 0 Å². The molecule has 1 N–H and O–H groups in total. The quantitative estimate of drug-likeness (QED) is 0.583. The Morgan fingerprint density at radius 3 is 2.65 bits per heavy atom. The first-order chi connectivity index (χ1) is 9.83. The number of rotatable bonds is 3. The maximum Gasteiger partial charge on any atom is 0.243 e. The smallest absolute Gasteiger partial charge is 0.243 e. The minimum Gasteiger partial charge on any atom is -0.246 e. The van der Waals surface area contributed by atoms with Crippen LogP contribution >= 0.6 is 0 Å². The minimum atomic E-state index is 0.465. The van der Waals surface area contributed by atoms with Gasteiger partial charge in [-0.3, -0.25) is 0 Å². The maximum absolute atomic E-state index is 4.58. The first-order valence-electron chi connectivity index (χ1n) is 6.26. The molecule has 0 atom stereocenters. The Labute approximate surface area is 116 Å². The predicted molar refractivity (Wildman–Crippen MR) is 79.6 cm³/mol. The van der Waals surface area contributed by atoms with Crippen LogP contribution in [0.2, 0.25) is 0 Å². The van der Waals surface area contributed by atoms with Gasteiger partial charge in [-0.2, -0.15) is 5.10 Å². The highest BCUT2D eigenvalue weighted by Gasteiger charge is 2.01. The molecule has 5 nitrogen and oxygen atoms in total.